The van der Waals surface area contributed by atoms with Crippen LogP contribution in [0.1, 0.15) is 62.4 Å². The van der Waals surface area contributed by atoms with Gasteiger partial charge in [-0.15, -0.1) is 0 Å². The van der Waals surface area contributed by atoms with Crippen LogP contribution in [0.2, 0.25) is 0 Å². The lowest BCUT2D eigenvalue weighted by atomic mass is 9.93. The molecule has 29 heavy (non-hydrogen) atoms. The molecule has 1 amide bonds. The minimum absolute atomic E-state index is 0.0356. The molecule has 1 aliphatic carbocycles. The molecule has 0 aliphatic heterocycles. The Bertz CT molecular complexity index is 792. The third-order valence-electron chi connectivity index (χ3n) is 5.19. The Kier molecular flexibility index (Phi) is 7.07. The van der Waals surface area contributed by atoms with Crippen LogP contribution in [0.25, 0.3) is 0 Å². The van der Waals surface area contributed by atoms with Gasteiger partial charge in [-0.25, -0.2) is 9.97 Å². The van der Waals surface area contributed by atoms with E-state index in [-0.39, 0.29) is 24.7 Å². The Morgan fingerprint density at radius 2 is 1.69 bits per heavy atom. The Morgan fingerprint density at radius 3 is 2.28 bits per heavy atom. The Labute approximate surface area is 173 Å². The minimum Gasteiger partial charge on any atom is -0.484 e. The third-order valence-corrected chi connectivity index (χ3v) is 5.19. The second-order valence-corrected chi connectivity index (χ2v) is 8.10. The lowest BCUT2D eigenvalue weighted by molar-refractivity contribution is -0.124. The van der Waals surface area contributed by atoms with Gasteiger partial charge in [-0.05, 0) is 69.2 Å². The number of benzene rings is 1. The highest BCUT2D eigenvalue weighted by atomic mass is 16.5. The van der Waals surface area contributed by atoms with Crippen molar-refractivity contribution in [2.45, 2.75) is 71.4 Å². The normalized spacial score (nSPS) is 19.1. The van der Waals surface area contributed by atoms with Gasteiger partial charge in [0.25, 0.3) is 5.91 Å². The van der Waals surface area contributed by atoms with Crippen LogP contribution >= 0.6 is 0 Å². The van der Waals surface area contributed by atoms with Gasteiger partial charge in [0.15, 0.2) is 6.61 Å². The van der Waals surface area contributed by atoms with Crippen molar-refractivity contribution >= 4 is 5.91 Å². The summed E-state index contributed by atoms with van der Waals surface area (Å²) < 4.78 is 11.6. The van der Waals surface area contributed by atoms with E-state index < -0.39 is 0 Å². The number of aromatic nitrogens is 2. The standard InChI is InChI=1S/C23H31N3O3/c1-15(2)18-5-9-20(10-6-18)28-14-22(27)26-19-7-11-21(12-8-19)29-23-24-16(3)13-17(4)25-23/h5-6,9-10,13,15,19,21H,7-8,11-12,14H2,1-4H3,(H,26,27). The minimum atomic E-state index is -0.0834. The first kappa shape index (κ1) is 21.1. The van der Waals surface area contributed by atoms with Gasteiger partial charge in [0, 0.05) is 17.4 Å². The molecule has 1 aliphatic rings. The van der Waals surface area contributed by atoms with Gasteiger partial charge in [0.1, 0.15) is 11.9 Å². The molecular weight excluding hydrogens is 366 g/mol. The Balaban J connectivity index is 1.39. The molecule has 0 bridgehead atoms. The molecule has 156 valence electrons. The van der Waals surface area contributed by atoms with Gasteiger partial charge in [0.05, 0.1) is 0 Å². The van der Waals surface area contributed by atoms with E-state index >= 15 is 0 Å². The third kappa shape index (κ3) is 6.44. The molecule has 0 saturated heterocycles. The average Bonchev–Trinajstić information content (AvgIpc) is 2.67. The monoisotopic (exact) mass is 397 g/mol. The van der Waals surface area contributed by atoms with Gasteiger partial charge in [-0.1, -0.05) is 26.0 Å². The first-order chi connectivity index (χ1) is 13.9. The molecule has 2 aromatic rings. The first-order valence-corrected chi connectivity index (χ1v) is 10.4. The summed E-state index contributed by atoms with van der Waals surface area (Å²) in [4.78, 5) is 20.9. The number of carbonyl (C=O) groups is 1. The largest absolute Gasteiger partial charge is 0.484 e. The zero-order valence-corrected chi connectivity index (χ0v) is 17.8. The molecule has 1 aromatic heterocycles. The summed E-state index contributed by atoms with van der Waals surface area (Å²) in [5.74, 6) is 1.11. The van der Waals surface area contributed by atoms with Crippen LogP contribution in [0.4, 0.5) is 0 Å². The summed E-state index contributed by atoms with van der Waals surface area (Å²) in [6.45, 7) is 8.22. The van der Waals surface area contributed by atoms with E-state index in [9.17, 15) is 4.79 Å². The quantitative estimate of drug-likeness (QED) is 0.761. The molecule has 6 heteroatoms. The molecular formula is C23H31N3O3. The van der Waals surface area contributed by atoms with Crippen LogP contribution in [-0.2, 0) is 4.79 Å². The smallest absolute Gasteiger partial charge is 0.317 e. The molecule has 6 nitrogen and oxygen atoms in total. The van der Waals surface area contributed by atoms with Crippen molar-refractivity contribution in [2.24, 2.45) is 0 Å². The summed E-state index contributed by atoms with van der Waals surface area (Å²) in [6, 6.07) is 10.5. The van der Waals surface area contributed by atoms with Crippen molar-refractivity contribution in [3.63, 3.8) is 0 Å². The van der Waals surface area contributed by atoms with E-state index in [4.69, 9.17) is 9.47 Å². The number of carbonyl (C=O) groups excluding carboxylic acids is 1. The van der Waals surface area contributed by atoms with E-state index in [0.29, 0.717) is 11.9 Å². The molecule has 1 heterocycles. The van der Waals surface area contributed by atoms with Crippen molar-refractivity contribution in [1.29, 1.82) is 0 Å². The summed E-state index contributed by atoms with van der Waals surface area (Å²) in [5, 5.41) is 3.07. The fourth-order valence-corrected chi connectivity index (χ4v) is 3.59. The molecule has 1 fully saturated rings. The van der Waals surface area contributed by atoms with Crippen LogP contribution in [0, 0.1) is 13.8 Å². The second-order valence-electron chi connectivity index (χ2n) is 8.10. The average molecular weight is 398 g/mol. The van der Waals surface area contributed by atoms with Crippen LogP contribution in [0.5, 0.6) is 11.8 Å². The maximum Gasteiger partial charge on any atom is 0.317 e. The van der Waals surface area contributed by atoms with Crippen LogP contribution in [-0.4, -0.2) is 34.6 Å². The zero-order valence-electron chi connectivity index (χ0n) is 17.8. The second kappa shape index (κ2) is 9.72. The SMILES string of the molecule is Cc1cc(C)nc(OC2CCC(NC(=O)COc3ccc(C(C)C)cc3)CC2)n1. The molecule has 0 radical (unpaired) electrons. The van der Waals surface area contributed by atoms with Crippen molar-refractivity contribution < 1.29 is 14.3 Å². The summed E-state index contributed by atoms with van der Waals surface area (Å²) in [7, 11) is 0. The van der Waals surface area contributed by atoms with Gasteiger partial charge in [-0.2, -0.15) is 0 Å². The van der Waals surface area contributed by atoms with Crippen LogP contribution < -0.4 is 14.8 Å². The van der Waals surface area contributed by atoms with Crippen molar-refractivity contribution in [3.8, 4) is 11.8 Å². The van der Waals surface area contributed by atoms with Gasteiger partial charge >= 0.3 is 6.01 Å². The molecule has 0 spiro atoms. The molecule has 0 unspecified atom stereocenters. The Morgan fingerprint density at radius 1 is 1.07 bits per heavy atom. The predicted octanol–water partition coefficient (Wildman–Crippen LogP) is 4.10. The highest BCUT2D eigenvalue weighted by Crippen LogP contribution is 2.23. The zero-order chi connectivity index (χ0) is 20.8. The van der Waals surface area contributed by atoms with Crippen molar-refractivity contribution in [2.75, 3.05) is 6.61 Å². The van der Waals surface area contributed by atoms with Crippen molar-refractivity contribution in [3.05, 3.63) is 47.3 Å². The lowest BCUT2D eigenvalue weighted by Crippen LogP contribution is -2.41. The predicted molar refractivity (Wildman–Crippen MR) is 112 cm³/mol. The number of ether oxygens (including phenoxy) is 2. The summed E-state index contributed by atoms with van der Waals surface area (Å²) >= 11 is 0. The summed E-state index contributed by atoms with van der Waals surface area (Å²) in [5.41, 5.74) is 3.08. The summed E-state index contributed by atoms with van der Waals surface area (Å²) in [6.07, 6.45) is 3.60. The lowest BCUT2D eigenvalue weighted by Gasteiger charge is -2.29. The van der Waals surface area contributed by atoms with Gasteiger partial charge < -0.3 is 14.8 Å². The number of nitrogens with one attached hydrogen (secondary N) is 1. The van der Waals surface area contributed by atoms with E-state index in [0.717, 1.165) is 42.8 Å². The van der Waals surface area contributed by atoms with E-state index in [2.05, 4.69) is 29.1 Å². The molecule has 1 aromatic carbocycles. The number of hydrogen-bond acceptors (Lipinski definition) is 5. The van der Waals surface area contributed by atoms with E-state index in [1.165, 1.54) is 5.56 Å². The van der Waals surface area contributed by atoms with Crippen LogP contribution in [0.3, 0.4) is 0 Å². The number of hydrogen-bond donors (Lipinski definition) is 1. The maximum absolute atomic E-state index is 12.2. The molecule has 0 atom stereocenters. The fraction of sp³-hybridized carbons (Fsp3) is 0.522. The number of rotatable bonds is 7. The van der Waals surface area contributed by atoms with Crippen molar-refractivity contribution in [1.82, 2.24) is 15.3 Å². The Hall–Kier alpha value is -2.63. The number of aryl methyl sites for hydroxylation is 2. The highest BCUT2D eigenvalue weighted by Gasteiger charge is 2.24. The number of nitrogens with zero attached hydrogens (tertiary/aromatic N) is 2. The number of amides is 1. The van der Waals surface area contributed by atoms with Crippen LogP contribution in [0.15, 0.2) is 30.3 Å². The first-order valence-electron chi connectivity index (χ1n) is 10.4. The molecule has 1 saturated carbocycles. The van der Waals surface area contributed by atoms with Gasteiger partial charge in [-0.3, -0.25) is 4.79 Å². The van der Waals surface area contributed by atoms with E-state index in [1.807, 2.05) is 44.2 Å². The fourth-order valence-electron chi connectivity index (χ4n) is 3.59. The topological polar surface area (TPSA) is 73.3 Å². The molecule has 3 rings (SSSR count). The van der Waals surface area contributed by atoms with Gasteiger partial charge in [0.2, 0.25) is 0 Å². The van der Waals surface area contributed by atoms with E-state index in [1.54, 1.807) is 0 Å². The molecule has 1 N–H and O–H groups in total. The maximum atomic E-state index is 12.2. The highest BCUT2D eigenvalue weighted by molar-refractivity contribution is 5.77.